The topological polar surface area (TPSA) is 0 Å². The number of hydrogen-bond acceptors (Lipinski definition) is 1. The Morgan fingerprint density at radius 1 is 1.85 bits per heavy atom. The predicted octanol–water partition coefficient (Wildman–Crippen LogP) is 3.81. The lowest BCUT2D eigenvalue weighted by Gasteiger charge is -2.00. The Labute approximate surface area is 84.6 Å². The zero-order valence-electron chi connectivity index (χ0n) is 7.89. The van der Waals surface area contributed by atoms with Crippen LogP contribution in [-0.2, 0) is 0 Å². The molecule has 1 unspecified atom stereocenters. The third-order valence-electron chi connectivity index (χ3n) is 2.14. The maximum absolute atomic E-state index is 12.7. The summed E-state index contributed by atoms with van der Waals surface area (Å²) < 4.78 is 12.7. The van der Waals surface area contributed by atoms with Crippen LogP contribution in [0.5, 0.6) is 0 Å². The van der Waals surface area contributed by atoms with Crippen LogP contribution >= 0.6 is 12.6 Å². The van der Waals surface area contributed by atoms with Crippen molar-refractivity contribution in [3.8, 4) is 0 Å². The smallest absolute Gasteiger partial charge is 0.107 e. The van der Waals surface area contributed by atoms with Crippen LogP contribution in [0.4, 0.5) is 4.39 Å². The second-order valence-corrected chi connectivity index (χ2v) is 3.82. The van der Waals surface area contributed by atoms with Crippen molar-refractivity contribution in [2.45, 2.75) is 38.8 Å². The Morgan fingerprint density at radius 2 is 2.62 bits per heavy atom. The molecule has 72 valence electrons. The lowest BCUT2D eigenvalue weighted by atomic mass is 10.1. The molecule has 0 aromatic rings. The normalized spacial score (nSPS) is 20.8. The summed E-state index contributed by atoms with van der Waals surface area (Å²) in [4.78, 5) is 0.950. The van der Waals surface area contributed by atoms with E-state index in [4.69, 9.17) is 0 Å². The Kier molecular flexibility index (Phi) is 4.34. The van der Waals surface area contributed by atoms with Crippen molar-refractivity contribution in [1.29, 1.82) is 0 Å². The monoisotopic (exact) mass is 198 g/mol. The SMILES string of the molecule is CC=C=C(S)CCC1=CCC(F)C1. The molecule has 0 aromatic carbocycles. The van der Waals surface area contributed by atoms with Crippen LogP contribution < -0.4 is 0 Å². The van der Waals surface area contributed by atoms with E-state index in [1.165, 1.54) is 5.57 Å². The molecule has 1 aliphatic carbocycles. The van der Waals surface area contributed by atoms with E-state index in [0.29, 0.717) is 12.8 Å². The zero-order chi connectivity index (χ0) is 9.68. The van der Waals surface area contributed by atoms with E-state index in [-0.39, 0.29) is 0 Å². The summed E-state index contributed by atoms with van der Waals surface area (Å²) in [6.45, 7) is 1.92. The average Bonchev–Trinajstić information content (AvgIpc) is 2.49. The van der Waals surface area contributed by atoms with Crippen molar-refractivity contribution < 1.29 is 4.39 Å². The van der Waals surface area contributed by atoms with Gasteiger partial charge in [-0.1, -0.05) is 11.6 Å². The van der Waals surface area contributed by atoms with Crippen LogP contribution in [0.1, 0.15) is 32.6 Å². The summed E-state index contributed by atoms with van der Waals surface area (Å²) in [5.41, 5.74) is 4.25. The molecule has 0 bridgehead atoms. The standard InChI is InChI=1S/C11H15FS/c1-2-3-11(13)7-5-9-4-6-10(12)8-9/h2,4,10,13H,5-8H2,1H3. The van der Waals surface area contributed by atoms with Gasteiger partial charge in [0.15, 0.2) is 0 Å². The number of hydrogen-bond donors (Lipinski definition) is 1. The molecule has 1 aliphatic rings. The summed E-state index contributed by atoms with van der Waals surface area (Å²) in [6.07, 6.45) is 6.27. The van der Waals surface area contributed by atoms with Gasteiger partial charge in [0, 0.05) is 4.91 Å². The minimum absolute atomic E-state index is 0.602. The summed E-state index contributed by atoms with van der Waals surface area (Å²) in [5, 5.41) is 0. The molecule has 0 spiro atoms. The van der Waals surface area contributed by atoms with Crippen molar-refractivity contribution in [2.24, 2.45) is 0 Å². The van der Waals surface area contributed by atoms with Gasteiger partial charge >= 0.3 is 0 Å². The van der Waals surface area contributed by atoms with Gasteiger partial charge in [0.1, 0.15) is 6.17 Å². The number of thiol groups is 1. The molecule has 0 saturated carbocycles. The maximum atomic E-state index is 12.7. The van der Waals surface area contributed by atoms with Crippen LogP contribution in [0.25, 0.3) is 0 Å². The van der Waals surface area contributed by atoms with Crippen molar-refractivity contribution in [3.63, 3.8) is 0 Å². The quantitative estimate of drug-likeness (QED) is 0.398. The molecular formula is C11H15FS. The molecule has 0 aliphatic heterocycles. The average molecular weight is 198 g/mol. The molecule has 0 radical (unpaired) electrons. The molecule has 2 heteroatoms. The molecule has 1 atom stereocenters. The molecule has 13 heavy (non-hydrogen) atoms. The number of alkyl halides is 1. The second-order valence-electron chi connectivity index (χ2n) is 3.28. The highest BCUT2D eigenvalue weighted by atomic mass is 32.1. The first-order valence-electron chi connectivity index (χ1n) is 4.63. The van der Waals surface area contributed by atoms with E-state index in [0.717, 1.165) is 17.7 Å². The van der Waals surface area contributed by atoms with E-state index in [1.807, 2.05) is 19.1 Å². The van der Waals surface area contributed by atoms with Crippen LogP contribution in [0, 0.1) is 0 Å². The van der Waals surface area contributed by atoms with Gasteiger partial charge in [-0.25, -0.2) is 4.39 Å². The Morgan fingerprint density at radius 3 is 3.15 bits per heavy atom. The van der Waals surface area contributed by atoms with Crippen molar-refractivity contribution in [3.05, 3.63) is 28.4 Å². The van der Waals surface area contributed by atoms with Gasteiger partial charge in [-0.15, -0.1) is 18.4 Å². The fourth-order valence-corrected chi connectivity index (χ4v) is 1.71. The van der Waals surface area contributed by atoms with Gasteiger partial charge in [-0.2, -0.15) is 0 Å². The molecule has 0 amide bonds. The molecule has 0 nitrogen and oxygen atoms in total. The van der Waals surface area contributed by atoms with Gasteiger partial charge in [0.05, 0.1) is 0 Å². The molecule has 0 aromatic heterocycles. The van der Waals surface area contributed by atoms with E-state index in [1.54, 1.807) is 0 Å². The first-order chi connectivity index (χ1) is 6.22. The zero-order valence-corrected chi connectivity index (χ0v) is 8.78. The molecule has 0 N–H and O–H groups in total. The van der Waals surface area contributed by atoms with Crippen LogP contribution in [0.3, 0.4) is 0 Å². The Hall–Kier alpha value is -0.460. The van der Waals surface area contributed by atoms with Crippen molar-refractivity contribution in [1.82, 2.24) is 0 Å². The van der Waals surface area contributed by atoms with E-state index < -0.39 is 6.17 Å². The largest absolute Gasteiger partial charge is 0.247 e. The summed E-state index contributed by atoms with van der Waals surface area (Å²) in [6, 6.07) is 0. The third kappa shape index (κ3) is 3.84. The maximum Gasteiger partial charge on any atom is 0.107 e. The van der Waals surface area contributed by atoms with Crippen LogP contribution in [-0.4, -0.2) is 6.17 Å². The minimum Gasteiger partial charge on any atom is -0.247 e. The molecule has 0 fully saturated rings. The van der Waals surface area contributed by atoms with Gasteiger partial charge in [-0.05, 0) is 38.7 Å². The third-order valence-corrected chi connectivity index (χ3v) is 2.49. The fraction of sp³-hybridized carbons (Fsp3) is 0.545. The predicted molar refractivity (Wildman–Crippen MR) is 57.7 cm³/mol. The second kappa shape index (κ2) is 5.31. The molecule has 0 saturated heterocycles. The van der Waals surface area contributed by atoms with Crippen LogP contribution in [0.15, 0.2) is 28.4 Å². The summed E-state index contributed by atoms with van der Waals surface area (Å²) >= 11 is 4.26. The van der Waals surface area contributed by atoms with Crippen LogP contribution in [0.2, 0.25) is 0 Å². The Bertz CT molecular complexity index is 259. The summed E-state index contributed by atoms with van der Waals surface area (Å²) in [7, 11) is 0. The highest BCUT2D eigenvalue weighted by Gasteiger charge is 2.14. The Balaban J connectivity index is 2.32. The molecular weight excluding hydrogens is 183 g/mol. The van der Waals surface area contributed by atoms with Crippen molar-refractivity contribution in [2.75, 3.05) is 0 Å². The molecule has 0 heterocycles. The number of rotatable bonds is 3. The van der Waals surface area contributed by atoms with E-state index in [2.05, 4.69) is 18.4 Å². The summed E-state index contributed by atoms with van der Waals surface area (Å²) in [5.74, 6) is 0. The first kappa shape index (κ1) is 10.6. The number of allylic oxidation sites excluding steroid dienone is 3. The number of halogens is 1. The molecule has 1 rings (SSSR count). The lowest BCUT2D eigenvalue weighted by Crippen LogP contribution is -1.91. The first-order valence-corrected chi connectivity index (χ1v) is 5.08. The fourth-order valence-electron chi connectivity index (χ4n) is 1.47. The van der Waals surface area contributed by atoms with Gasteiger partial charge in [-0.3, -0.25) is 0 Å². The van der Waals surface area contributed by atoms with E-state index >= 15 is 0 Å². The van der Waals surface area contributed by atoms with Gasteiger partial charge in [0.2, 0.25) is 0 Å². The van der Waals surface area contributed by atoms with E-state index in [9.17, 15) is 4.39 Å². The van der Waals surface area contributed by atoms with Gasteiger partial charge < -0.3 is 0 Å². The lowest BCUT2D eigenvalue weighted by molar-refractivity contribution is 0.348. The van der Waals surface area contributed by atoms with Gasteiger partial charge in [0.25, 0.3) is 0 Å². The van der Waals surface area contributed by atoms with Crippen molar-refractivity contribution >= 4 is 12.6 Å². The minimum atomic E-state index is -0.635. The highest BCUT2D eigenvalue weighted by Crippen LogP contribution is 2.26. The highest BCUT2D eigenvalue weighted by molar-refractivity contribution is 7.84.